The highest BCUT2D eigenvalue weighted by atomic mass is 35.5. The van der Waals surface area contributed by atoms with E-state index in [2.05, 4.69) is 4.72 Å². The number of halogens is 2. The second-order valence-corrected chi connectivity index (χ2v) is 6.11. The molecule has 0 aromatic heterocycles. The Morgan fingerprint density at radius 3 is 2.32 bits per heavy atom. The third-order valence-corrected chi connectivity index (χ3v) is 4.34. The van der Waals surface area contributed by atoms with Gasteiger partial charge in [-0.2, -0.15) is 0 Å². The van der Waals surface area contributed by atoms with E-state index in [0.29, 0.717) is 16.3 Å². The average Bonchev–Trinajstić information content (AvgIpc) is 2.35. The van der Waals surface area contributed by atoms with E-state index < -0.39 is 15.8 Å². The number of hydrogen-bond acceptors (Lipinski definition) is 2. The first-order chi connectivity index (χ1) is 8.88. The smallest absolute Gasteiger partial charge is 0.261 e. The largest absolute Gasteiger partial charge is 0.280 e. The molecule has 0 unspecified atom stereocenters. The lowest BCUT2D eigenvalue weighted by atomic mass is 10.2. The van der Waals surface area contributed by atoms with Gasteiger partial charge in [-0.15, -0.1) is 0 Å². The molecule has 2 aromatic carbocycles. The maximum absolute atomic E-state index is 12.7. The zero-order valence-electron chi connectivity index (χ0n) is 10.0. The Morgan fingerprint density at radius 2 is 1.74 bits per heavy atom. The number of nitrogens with one attached hydrogen (secondary N) is 1. The molecule has 2 rings (SSSR count). The fraction of sp³-hybridized carbons (Fsp3) is 0.0769. The van der Waals surface area contributed by atoms with E-state index in [9.17, 15) is 12.8 Å². The predicted octanol–water partition coefficient (Wildman–Crippen LogP) is 3.59. The van der Waals surface area contributed by atoms with Gasteiger partial charge in [0.25, 0.3) is 10.0 Å². The van der Waals surface area contributed by atoms with Gasteiger partial charge < -0.3 is 0 Å². The summed E-state index contributed by atoms with van der Waals surface area (Å²) >= 11 is 5.85. The maximum atomic E-state index is 12.7. The summed E-state index contributed by atoms with van der Waals surface area (Å²) in [4.78, 5) is 0.110. The molecule has 3 nitrogen and oxygen atoms in total. The molecule has 0 atom stereocenters. The van der Waals surface area contributed by atoms with E-state index in [-0.39, 0.29) is 4.90 Å². The number of hydrogen-bond donors (Lipinski definition) is 1. The lowest BCUT2D eigenvalue weighted by Crippen LogP contribution is -2.13. The van der Waals surface area contributed by atoms with E-state index in [1.807, 2.05) is 0 Å². The molecule has 0 heterocycles. The third-order valence-electron chi connectivity index (χ3n) is 2.54. The molecule has 19 heavy (non-hydrogen) atoms. The molecule has 0 bridgehead atoms. The van der Waals surface area contributed by atoms with Crippen molar-refractivity contribution in [2.24, 2.45) is 0 Å². The Kier molecular flexibility index (Phi) is 3.78. The molecule has 2 aromatic rings. The molecule has 1 N–H and O–H groups in total. The Labute approximate surface area is 116 Å². The van der Waals surface area contributed by atoms with Gasteiger partial charge in [0.05, 0.1) is 4.90 Å². The first kappa shape index (κ1) is 13.8. The van der Waals surface area contributed by atoms with E-state index in [0.717, 1.165) is 0 Å². The zero-order chi connectivity index (χ0) is 14.0. The molecular formula is C13H11ClFNO2S. The normalized spacial score (nSPS) is 11.3. The van der Waals surface area contributed by atoms with Crippen LogP contribution in [0.15, 0.2) is 47.4 Å². The molecule has 0 spiro atoms. The summed E-state index contributed by atoms with van der Waals surface area (Å²) in [5.41, 5.74) is 0.970. The molecule has 0 fully saturated rings. The van der Waals surface area contributed by atoms with Crippen molar-refractivity contribution in [3.63, 3.8) is 0 Å². The van der Waals surface area contributed by atoms with Crippen LogP contribution in [0.2, 0.25) is 5.02 Å². The quantitative estimate of drug-likeness (QED) is 0.941. The molecular weight excluding hydrogens is 289 g/mol. The highest BCUT2D eigenvalue weighted by molar-refractivity contribution is 7.92. The van der Waals surface area contributed by atoms with Crippen molar-refractivity contribution in [2.75, 3.05) is 4.72 Å². The Morgan fingerprint density at radius 1 is 1.11 bits per heavy atom. The molecule has 0 aliphatic carbocycles. The number of anilines is 1. The minimum absolute atomic E-state index is 0.110. The van der Waals surface area contributed by atoms with Crippen LogP contribution in [0.1, 0.15) is 5.56 Å². The topological polar surface area (TPSA) is 46.2 Å². The van der Waals surface area contributed by atoms with E-state index in [4.69, 9.17) is 11.6 Å². The van der Waals surface area contributed by atoms with Gasteiger partial charge in [0.15, 0.2) is 0 Å². The summed E-state index contributed by atoms with van der Waals surface area (Å²) in [6.07, 6.45) is 0. The van der Waals surface area contributed by atoms with Gasteiger partial charge in [-0.25, -0.2) is 12.8 Å². The average molecular weight is 300 g/mol. The maximum Gasteiger partial charge on any atom is 0.261 e. The Hall–Kier alpha value is -1.59. The Bertz CT molecular complexity index is 699. The van der Waals surface area contributed by atoms with Gasteiger partial charge in [-0.3, -0.25) is 4.72 Å². The second-order valence-electron chi connectivity index (χ2n) is 4.02. The number of benzene rings is 2. The molecule has 100 valence electrons. The molecule has 0 radical (unpaired) electrons. The van der Waals surface area contributed by atoms with Crippen LogP contribution in [0.3, 0.4) is 0 Å². The van der Waals surface area contributed by atoms with Crippen molar-refractivity contribution in [1.82, 2.24) is 0 Å². The standard InChI is InChI=1S/C13H11ClFNO2S/c1-9-8-12(6-7-13(9)14)19(17,18)16-11-4-2-10(15)3-5-11/h2-8,16H,1H3. The van der Waals surface area contributed by atoms with Crippen LogP contribution in [-0.4, -0.2) is 8.42 Å². The van der Waals surface area contributed by atoms with Crippen LogP contribution in [0, 0.1) is 12.7 Å². The molecule has 0 aliphatic rings. The van der Waals surface area contributed by atoms with Crippen molar-refractivity contribution in [1.29, 1.82) is 0 Å². The molecule has 6 heteroatoms. The number of aryl methyl sites for hydroxylation is 1. The molecule has 0 amide bonds. The fourth-order valence-electron chi connectivity index (χ4n) is 1.52. The predicted molar refractivity (Wildman–Crippen MR) is 73.4 cm³/mol. The van der Waals surface area contributed by atoms with Crippen molar-refractivity contribution in [3.8, 4) is 0 Å². The van der Waals surface area contributed by atoms with Crippen molar-refractivity contribution >= 4 is 27.3 Å². The molecule has 0 saturated heterocycles. The van der Waals surface area contributed by atoms with Crippen molar-refractivity contribution < 1.29 is 12.8 Å². The highest BCUT2D eigenvalue weighted by Crippen LogP contribution is 2.21. The van der Waals surface area contributed by atoms with Crippen LogP contribution in [0.4, 0.5) is 10.1 Å². The summed E-state index contributed by atoms with van der Waals surface area (Å²) in [6.45, 7) is 1.72. The first-order valence-electron chi connectivity index (χ1n) is 5.43. The second kappa shape index (κ2) is 5.19. The van der Waals surface area contributed by atoms with E-state index in [1.165, 1.54) is 42.5 Å². The van der Waals surface area contributed by atoms with Gasteiger partial charge in [0.1, 0.15) is 5.82 Å². The van der Waals surface area contributed by atoms with E-state index in [1.54, 1.807) is 6.92 Å². The van der Waals surface area contributed by atoms with Crippen LogP contribution in [-0.2, 0) is 10.0 Å². The van der Waals surface area contributed by atoms with Gasteiger partial charge >= 0.3 is 0 Å². The van der Waals surface area contributed by atoms with Crippen LogP contribution >= 0.6 is 11.6 Å². The van der Waals surface area contributed by atoms with Gasteiger partial charge in [-0.1, -0.05) is 11.6 Å². The van der Waals surface area contributed by atoms with Gasteiger partial charge in [0, 0.05) is 10.7 Å². The monoisotopic (exact) mass is 299 g/mol. The molecule has 0 saturated carbocycles. The van der Waals surface area contributed by atoms with Crippen molar-refractivity contribution in [2.45, 2.75) is 11.8 Å². The lowest BCUT2D eigenvalue weighted by molar-refractivity contribution is 0.601. The number of sulfonamides is 1. The van der Waals surface area contributed by atoms with Crippen LogP contribution in [0.5, 0.6) is 0 Å². The third kappa shape index (κ3) is 3.24. The Balaban J connectivity index is 2.32. The fourth-order valence-corrected chi connectivity index (χ4v) is 2.78. The summed E-state index contributed by atoms with van der Waals surface area (Å²) < 4.78 is 39.3. The van der Waals surface area contributed by atoms with E-state index >= 15 is 0 Å². The number of rotatable bonds is 3. The summed E-state index contributed by atoms with van der Waals surface area (Å²) in [5.74, 6) is -0.426. The minimum Gasteiger partial charge on any atom is -0.280 e. The summed E-state index contributed by atoms with van der Waals surface area (Å²) in [6, 6.07) is 9.51. The van der Waals surface area contributed by atoms with Crippen molar-refractivity contribution in [3.05, 3.63) is 58.9 Å². The van der Waals surface area contributed by atoms with Crippen LogP contribution < -0.4 is 4.72 Å². The van der Waals surface area contributed by atoms with Gasteiger partial charge in [0.2, 0.25) is 0 Å². The summed E-state index contributed by atoms with van der Waals surface area (Å²) in [7, 11) is -3.70. The lowest BCUT2D eigenvalue weighted by Gasteiger charge is -2.09. The van der Waals surface area contributed by atoms with Crippen LogP contribution in [0.25, 0.3) is 0 Å². The SMILES string of the molecule is Cc1cc(S(=O)(=O)Nc2ccc(F)cc2)ccc1Cl. The molecule has 0 aliphatic heterocycles. The minimum atomic E-state index is -3.70. The van der Waals surface area contributed by atoms with Gasteiger partial charge in [-0.05, 0) is 55.0 Å². The highest BCUT2D eigenvalue weighted by Gasteiger charge is 2.15. The first-order valence-corrected chi connectivity index (χ1v) is 7.29. The summed E-state index contributed by atoms with van der Waals surface area (Å²) in [5, 5.41) is 0.501. The zero-order valence-corrected chi connectivity index (χ0v) is 11.6.